The number of furan rings is 1. The lowest BCUT2D eigenvalue weighted by Gasteiger charge is -2.13. The van der Waals surface area contributed by atoms with Crippen LogP contribution in [0.1, 0.15) is 0 Å². The maximum Gasteiger partial charge on any atom is 0.160 e. The van der Waals surface area contributed by atoms with Gasteiger partial charge < -0.3 is 4.42 Å². The molecule has 49 heavy (non-hydrogen) atoms. The third-order valence-corrected chi connectivity index (χ3v) is 8.99. The van der Waals surface area contributed by atoms with Gasteiger partial charge in [0.15, 0.2) is 5.82 Å². The van der Waals surface area contributed by atoms with Gasteiger partial charge in [-0.3, -0.25) is 4.98 Å². The van der Waals surface area contributed by atoms with E-state index in [0.29, 0.717) is 5.82 Å². The highest BCUT2D eigenvalue weighted by atomic mass is 16.3. The molecule has 0 unspecified atom stereocenters. The Morgan fingerprint density at radius 3 is 1.67 bits per heavy atom. The minimum absolute atomic E-state index is 0.700. The molecule has 0 N–H and O–H groups in total. The summed E-state index contributed by atoms with van der Waals surface area (Å²) < 4.78 is 6.55. The summed E-state index contributed by atoms with van der Waals surface area (Å²) in [5.41, 5.74) is 12.8. The molecular weight excluding hydrogens is 599 g/mol. The van der Waals surface area contributed by atoms with Crippen LogP contribution in [0.5, 0.6) is 0 Å². The monoisotopic (exact) mass is 627 g/mol. The van der Waals surface area contributed by atoms with Crippen molar-refractivity contribution in [3.8, 4) is 67.4 Å². The number of rotatable bonds is 6. The van der Waals surface area contributed by atoms with Crippen molar-refractivity contribution in [2.45, 2.75) is 0 Å². The fourth-order valence-corrected chi connectivity index (χ4v) is 6.61. The van der Waals surface area contributed by atoms with Crippen LogP contribution in [0.2, 0.25) is 0 Å². The lowest BCUT2D eigenvalue weighted by molar-refractivity contribution is 0.670. The molecule has 3 heterocycles. The smallest absolute Gasteiger partial charge is 0.160 e. The van der Waals surface area contributed by atoms with E-state index >= 15 is 0 Å². The molecule has 0 radical (unpaired) electrons. The molecule has 0 aliphatic rings. The Bertz CT molecular complexity index is 2520. The highest BCUT2D eigenvalue weighted by Crippen LogP contribution is 2.43. The molecule has 230 valence electrons. The number of fused-ring (bicyclic) bond motifs is 3. The van der Waals surface area contributed by atoms with Crippen LogP contribution in [0.4, 0.5) is 0 Å². The maximum absolute atomic E-state index is 6.55. The maximum atomic E-state index is 6.55. The van der Waals surface area contributed by atoms with Gasteiger partial charge in [-0.2, -0.15) is 0 Å². The van der Waals surface area contributed by atoms with Gasteiger partial charge in [-0.15, -0.1) is 0 Å². The number of pyridine rings is 1. The second kappa shape index (κ2) is 12.2. The molecule has 9 aromatic rings. The Kier molecular flexibility index (Phi) is 7.10. The summed E-state index contributed by atoms with van der Waals surface area (Å²) in [6, 6.07) is 58.2. The van der Waals surface area contributed by atoms with Crippen molar-refractivity contribution in [1.29, 1.82) is 0 Å². The average Bonchev–Trinajstić information content (AvgIpc) is 3.58. The average molecular weight is 628 g/mol. The van der Waals surface area contributed by atoms with Crippen LogP contribution in [0.25, 0.3) is 89.4 Å². The summed E-state index contributed by atoms with van der Waals surface area (Å²) in [5.74, 6) is 0.700. The molecule has 4 nitrogen and oxygen atoms in total. The molecule has 4 heteroatoms. The Balaban J connectivity index is 1.16. The van der Waals surface area contributed by atoms with Crippen LogP contribution in [0, 0.1) is 0 Å². The topological polar surface area (TPSA) is 51.8 Å². The van der Waals surface area contributed by atoms with Crippen LogP contribution < -0.4 is 0 Å². The Morgan fingerprint density at radius 1 is 0.408 bits per heavy atom. The van der Waals surface area contributed by atoms with E-state index in [-0.39, 0.29) is 0 Å². The molecule has 0 saturated carbocycles. The molecule has 0 fully saturated rings. The first-order valence-corrected chi connectivity index (χ1v) is 16.4. The lowest BCUT2D eigenvalue weighted by atomic mass is 9.93. The molecule has 0 bridgehead atoms. The summed E-state index contributed by atoms with van der Waals surface area (Å²) in [5, 5.41) is 2.14. The summed E-state index contributed by atoms with van der Waals surface area (Å²) in [6.45, 7) is 0. The second-order valence-corrected chi connectivity index (χ2v) is 12.0. The van der Waals surface area contributed by atoms with Gasteiger partial charge in [-0.05, 0) is 35.4 Å². The van der Waals surface area contributed by atoms with Crippen LogP contribution >= 0.6 is 0 Å². The van der Waals surface area contributed by atoms with Gasteiger partial charge in [0.2, 0.25) is 0 Å². The fourth-order valence-electron chi connectivity index (χ4n) is 6.61. The van der Waals surface area contributed by atoms with E-state index in [9.17, 15) is 0 Å². The Morgan fingerprint density at radius 2 is 0.959 bits per heavy atom. The van der Waals surface area contributed by atoms with Crippen molar-refractivity contribution in [1.82, 2.24) is 15.0 Å². The van der Waals surface area contributed by atoms with Gasteiger partial charge in [0, 0.05) is 50.4 Å². The Labute approximate surface area is 284 Å². The number of hydrogen-bond acceptors (Lipinski definition) is 4. The molecule has 0 amide bonds. The molecule has 9 rings (SSSR count). The van der Waals surface area contributed by atoms with Crippen molar-refractivity contribution < 1.29 is 4.42 Å². The largest absolute Gasteiger partial charge is 0.455 e. The first kappa shape index (κ1) is 28.6. The molecule has 3 aromatic heterocycles. The summed E-state index contributed by atoms with van der Waals surface area (Å²) in [6.07, 6.45) is 1.86. The van der Waals surface area contributed by atoms with Crippen molar-refractivity contribution in [3.05, 3.63) is 176 Å². The van der Waals surface area contributed by atoms with Crippen molar-refractivity contribution in [2.75, 3.05) is 0 Å². The minimum Gasteiger partial charge on any atom is -0.455 e. The van der Waals surface area contributed by atoms with E-state index in [4.69, 9.17) is 19.4 Å². The van der Waals surface area contributed by atoms with E-state index < -0.39 is 0 Å². The van der Waals surface area contributed by atoms with E-state index in [0.717, 1.165) is 83.5 Å². The number of nitrogens with zero attached hydrogens (tertiary/aromatic N) is 3. The zero-order valence-corrected chi connectivity index (χ0v) is 26.5. The predicted molar refractivity (Wildman–Crippen MR) is 200 cm³/mol. The molecule has 0 aliphatic carbocycles. The zero-order chi connectivity index (χ0) is 32.6. The number of para-hydroxylation sites is 1. The second-order valence-electron chi connectivity index (χ2n) is 12.0. The first-order valence-electron chi connectivity index (χ1n) is 16.4. The van der Waals surface area contributed by atoms with Gasteiger partial charge >= 0.3 is 0 Å². The Hall–Kier alpha value is -6.65. The lowest BCUT2D eigenvalue weighted by Crippen LogP contribution is -1.96. The minimum atomic E-state index is 0.700. The van der Waals surface area contributed by atoms with E-state index in [1.165, 1.54) is 0 Å². The molecule has 0 spiro atoms. The fraction of sp³-hybridized carbons (Fsp3) is 0. The van der Waals surface area contributed by atoms with Crippen molar-refractivity contribution in [3.63, 3.8) is 0 Å². The number of aromatic nitrogens is 3. The van der Waals surface area contributed by atoms with Crippen LogP contribution in [0.3, 0.4) is 0 Å². The highest BCUT2D eigenvalue weighted by Gasteiger charge is 2.20. The predicted octanol–water partition coefficient (Wildman–Crippen LogP) is 11.8. The van der Waals surface area contributed by atoms with Crippen molar-refractivity contribution in [2.24, 2.45) is 0 Å². The SMILES string of the molecule is c1ccc(-c2cc(-c3ccc(-c4cccnc4-c4ccc(-c5ccccc5)c5oc6ccccc6c45)cc3)nc(-c3ccccc3)n2)cc1. The number of hydrogen-bond donors (Lipinski definition) is 0. The van der Waals surface area contributed by atoms with Crippen LogP contribution in [-0.2, 0) is 0 Å². The zero-order valence-electron chi connectivity index (χ0n) is 26.5. The van der Waals surface area contributed by atoms with Crippen LogP contribution in [0.15, 0.2) is 180 Å². The third kappa shape index (κ3) is 5.26. The van der Waals surface area contributed by atoms with Gasteiger partial charge in [-0.25, -0.2) is 9.97 Å². The first-order chi connectivity index (χ1) is 24.3. The van der Waals surface area contributed by atoms with Crippen molar-refractivity contribution >= 4 is 21.9 Å². The summed E-state index contributed by atoms with van der Waals surface area (Å²) >= 11 is 0. The molecule has 0 aliphatic heterocycles. The standard InChI is InChI=1S/C45H29N3O/c1-4-13-30(14-5-1)36-26-27-38(42-37-19-10-11-21-41(37)49-44(36)42)43-35(20-12-28-46-43)31-22-24-33(25-23-31)40-29-39(32-15-6-2-7-16-32)47-45(48-40)34-17-8-3-9-18-34/h1-29H. The molecular formula is C45H29N3O. The van der Waals surface area contributed by atoms with Gasteiger partial charge in [0.1, 0.15) is 11.2 Å². The normalized spacial score (nSPS) is 11.3. The van der Waals surface area contributed by atoms with Gasteiger partial charge in [0.25, 0.3) is 0 Å². The summed E-state index contributed by atoms with van der Waals surface area (Å²) in [4.78, 5) is 14.9. The molecule has 0 atom stereocenters. The quantitative estimate of drug-likeness (QED) is 0.184. The van der Waals surface area contributed by atoms with Gasteiger partial charge in [0.05, 0.1) is 17.1 Å². The van der Waals surface area contributed by atoms with Gasteiger partial charge in [-0.1, -0.05) is 146 Å². The van der Waals surface area contributed by atoms with E-state index in [1.54, 1.807) is 0 Å². The third-order valence-electron chi connectivity index (χ3n) is 8.99. The molecule has 6 aromatic carbocycles. The number of benzene rings is 6. The summed E-state index contributed by atoms with van der Waals surface area (Å²) in [7, 11) is 0. The van der Waals surface area contributed by atoms with E-state index in [2.05, 4.69) is 97.1 Å². The molecule has 0 saturated heterocycles. The van der Waals surface area contributed by atoms with E-state index in [1.807, 2.05) is 79.0 Å². The van der Waals surface area contributed by atoms with Crippen LogP contribution in [-0.4, -0.2) is 15.0 Å². The highest BCUT2D eigenvalue weighted by molar-refractivity contribution is 6.16.